The average Bonchev–Trinajstić information content (AvgIpc) is 2.29. The topological polar surface area (TPSA) is 66.6 Å². The molecular weight excluding hydrogens is 240 g/mol. The van der Waals surface area contributed by atoms with E-state index < -0.39 is 11.5 Å². The Morgan fingerprint density at radius 3 is 2.63 bits per heavy atom. The van der Waals surface area contributed by atoms with Gasteiger partial charge in [0.15, 0.2) is 0 Å². The fourth-order valence-electron chi connectivity index (χ4n) is 2.37. The van der Waals surface area contributed by atoms with E-state index in [0.717, 1.165) is 12.2 Å². The third kappa shape index (κ3) is 3.96. The van der Waals surface area contributed by atoms with Crippen LogP contribution in [0.3, 0.4) is 0 Å². The molecule has 4 heteroatoms. The number of nitrogens with two attached hydrogens (primary N) is 1. The molecule has 0 bridgehead atoms. The van der Waals surface area contributed by atoms with Crippen LogP contribution >= 0.6 is 0 Å². The van der Waals surface area contributed by atoms with Gasteiger partial charge in [0.05, 0.1) is 0 Å². The second-order valence-electron chi connectivity index (χ2n) is 5.40. The minimum Gasteiger partial charge on any atom is -0.480 e. The second kappa shape index (κ2) is 6.06. The molecule has 4 nitrogen and oxygen atoms in total. The zero-order valence-corrected chi connectivity index (χ0v) is 12.2. The van der Waals surface area contributed by atoms with Gasteiger partial charge >= 0.3 is 5.97 Å². The highest BCUT2D eigenvalue weighted by atomic mass is 16.4. The third-order valence-corrected chi connectivity index (χ3v) is 3.41. The number of benzene rings is 1. The van der Waals surface area contributed by atoms with Crippen LogP contribution in [-0.2, 0) is 4.79 Å². The number of carboxylic acids is 1. The molecule has 2 atom stereocenters. The maximum atomic E-state index is 11.1. The molecule has 1 aromatic rings. The number of aryl methyl sites for hydroxylation is 1. The number of rotatable bonds is 6. The van der Waals surface area contributed by atoms with Crippen molar-refractivity contribution in [3.05, 3.63) is 29.8 Å². The molecule has 2 unspecified atom stereocenters. The largest absolute Gasteiger partial charge is 0.480 e. The molecule has 0 amide bonds. The van der Waals surface area contributed by atoms with Crippen LogP contribution in [-0.4, -0.2) is 29.2 Å². The molecule has 0 saturated heterocycles. The van der Waals surface area contributed by atoms with E-state index in [0.29, 0.717) is 6.42 Å². The third-order valence-electron chi connectivity index (χ3n) is 3.41. The van der Waals surface area contributed by atoms with Crippen molar-refractivity contribution in [3.8, 4) is 0 Å². The molecule has 0 saturated carbocycles. The van der Waals surface area contributed by atoms with E-state index in [4.69, 9.17) is 10.8 Å². The smallest absolute Gasteiger partial charge is 0.323 e. The molecule has 0 aliphatic heterocycles. The first-order valence-corrected chi connectivity index (χ1v) is 6.63. The second-order valence-corrected chi connectivity index (χ2v) is 5.40. The van der Waals surface area contributed by atoms with Crippen LogP contribution in [0.25, 0.3) is 0 Å². The van der Waals surface area contributed by atoms with Crippen molar-refractivity contribution >= 4 is 11.7 Å². The van der Waals surface area contributed by atoms with E-state index in [-0.39, 0.29) is 6.04 Å². The normalized spacial score (nSPS) is 15.6. The van der Waals surface area contributed by atoms with Crippen molar-refractivity contribution < 1.29 is 9.90 Å². The predicted molar refractivity (Wildman–Crippen MR) is 78.5 cm³/mol. The van der Waals surface area contributed by atoms with E-state index in [1.165, 1.54) is 5.56 Å². The van der Waals surface area contributed by atoms with Crippen molar-refractivity contribution in [2.24, 2.45) is 5.73 Å². The lowest BCUT2D eigenvalue weighted by Crippen LogP contribution is -2.50. The predicted octanol–water partition coefficient (Wildman–Crippen LogP) is 2.40. The van der Waals surface area contributed by atoms with Crippen molar-refractivity contribution in [2.45, 2.75) is 45.7 Å². The van der Waals surface area contributed by atoms with E-state index in [1.807, 2.05) is 32.0 Å². The molecule has 0 fully saturated rings. The number of anilines is 1. The number of carbonyl (C=O) groups is 1. The Hall–Kier alpha value is -1.55. The van der Waals surface area contributed by atoms with Crippen LogP contribution in [0.15, 0.2) is 24.3 Å². The summed E-state index contributed by atoms with van der Waals surface area (Å²) in [6.07, 6.45) is 0.407. The Kier molecular flexibility index (Phi) is 4.95. The SMILES string of the molecule is CCN(c1cccc(C)c1)C(C)CC(C)(N)C(=O)O. The van der Waals surface area contributed by atoms with Gasteiger partial charge in [0, 0.05) is 18.3 Å². The van der Waals surface area contributed by atoms with E-state index in [9.17, 15) is 4.79 Å². The first kappa shape index (κ1) is 15.5. The lowest BCUT2D eigenvalue weighted by Gasteiger charge is -2.34. The molecule has 0 aromatic heterocycles. The molecule has 0 spiro atoms. The van der Waals surface area contributed by atoms with Gasteiger partial charge in [0.1, 0.15) is 5.54 Å². The van der Waals surface area contributed by atoms with Crippen LogP contribution < -0.4 is 10.6 Å². The minimum atomic E-state index is -1.20. The molecule has 0 radical (unpaired) electrons. The van der Waals surface area contributed by atoms with Crippen molar-refractivity contribution in [1.29, 1.82) is 0 Å². The highest BCUT2D eigenvalue weighted by molar-refractivity contribution is 5.78. The van der Waals surface area contributed by atoms with Gasteiger partial charge < -0.3 is 15.7 Å². The first-order valence-electron chi connectivity index (χ1n) is 6.63. The van der Waals surface area contributed by atoms with Gasteiger partial charge in [-0.1, -0.05) is 12.1 Å². The lowest BCUT2D eigenvalue weighted by atomic mass is 9.94. The summed E-state index contributed by atoms with van der Waals surface area (Å²) in [5.74, 6) is -0.959. The number of aliphatic carboxylic acids is 1. The van der Waals surface area contributed by atoms with Crippen molar-refractivity contribution in [1.82, 2.24) is 0 Å². The monoisotopic (exact) mass is 264 g/mol. The molecular formula is C15H24N2O2. The Morgan fingerprint density at radius 2 is 2.16 bits per heavy atom. The number of nitrogens with zero attached hydrogens (tertiary/aromatic N) is 1. The Morgan fingerprint density at radius 1 is 1.53 bits per heavy atom. The van der Waals surface area contributed by atoms with Crippen molar-refractivity contribution in [2.75, 3.05) is 11.4 Å². The standard InChI is InChI=1S/C15H24N2O2/c1-5-17(13-8-6-7-11(2)9-13)12(3)10-15(4,16)14(18)19/h6-9,12H,5,10,16H2,1-4H3,(H,18,19). The minimum absolute atomic E-state index is 0.0675. The summed E-state index contributed by atoms with van der Waals surface area (Å²) in [7, 11) is 0. The molecule has 19 heavy (non-hydrogen) atoms. The molecule has 0 aliphatic carbocycles. The highest BCUT2D eigenvalue weighted by Gasteiger charge is 2.31. The fourth-order valence-corrected chi connectivity index (χ4v) is 2.37. The fraction of sp³-hybridized carbons (Fsp3) is 0.533. The molecule has 1 aromatic carbocycles. The molecule has 0 heterocycles. The molecule has 106 valence electrons. The molecule has 0 aliphatic rings. The van der Waals surface area contributed by atoms with E-state index >= 15 is 0 Å². The average molecular weight is 264 g/mol. The summed E-state index contributed by atoms with van der Waals surface area (Å²) in [6, 6.07) is 8.28. The van der Waals surface area contributed by atoms with E-state index in [2.05, 4.69) is 17.9 Å². The highest BCUT2D eigenvalue weighted by Crippen LogP contribution is 2.22. The maximum Gasteiger partial charge on any atom is 0.323 e. The van der Waals surface area contributed by atoms with Crippen LogP contribution in [0.5, 0.6) is 0 Å². The van der Waals surface area contributed by atoms with Crippen LogP contribution in [0.4, 0.5) is 5.69 Å². The van der Waals surface area contributed by atoms with Gasteiger partial charge in [-0.15, -0.1) is 0 Å². The summed E-state index contributed by atoms with van der Waals surface area (Å²) in [5.41, 5.74) is 6.94. The van der Waals surface area contributed by atoms with Gasteiger partial charge in [0.2, 0.25) is 0 Å². The Balaban J connectivity index is 2.89. The summed E-state index contributed by atoms with van der Waals surface area (Å²) in [6.45, 7) is 8.51. The maximum absolute atomic E-state index is 11.1. The number of carboxylic acid groups (broad SMARTS) is 1. The summed E-state index contributed by atoms with van der Waals surface area (Å²) < 4.78 is 0. The van der Waals surface area contributed by atoms with Gasteiger partial charge in [-0.25, -0.2) is 0 Å². The lowest BCUT2D eigenvalue weighted by molar-refractivity contribution is -0.143. The summed E-state index contributed by atoms with van der Waals surface area (Å²) in [5, 5.41) is 9.12. The Bertz CT molecular complexity index is 444. The molecule has 1 rings (SSSR count). The quantitative estimate of drug-likeness (QED) is 0.828. The van der Waals surface area contributed by atoms with Crippen LogP contribution in [0.2, 0.25) is 0 Å². The van der Waals surface area contributed by atoms with Gasteiger partial charge in [0.25, 0.3) is 0 Å². The van der Waals surface area contributed by atoms with Gasteiger partial charge in [-0.2, -0.15) is 0 Å². The zero-order valence-electron chi connectivity index (χ0n) is 12.2. The van der Waals surface area contributed by atoms with Gasteiger partial charge in [-0.05, 0) is 51.8 Å². The van der Waals surface area contributed by atoms with Crippen molar-refractivity contribution in [3.63, 3.8) is 0 Å². The van der Waals surface area contributed by atoms with Gasteiger partial charge in [-0.3, -0.25) is 4.79 Å². The first-order chi connectivity index (χ1) is 8.77. The van der Waals surface area contributed by atoms with Crippen LogP contribution in [0, 0.1) is 6.92 Å². The number of hydrogen-bond acceptors (Lipinski definition) is 3. The number of hydrogen-bond donors (Lipinski definition) is 2. The summed E-state index contributed by atoms with van der Waals surface area (Å²) in [4.78, 5) is 13.3. The van der Waals surface area contributed by atoms with E-state index in [1.54, 1.807) is 6.92 Å². The zero-order chi connectivity index (χ0) is 14.6. The Labute approximate surface area is 115 Å². The van der Waals surface area contributed by atoms with Crippen LogP contribution in [0.1, 0.15) is 32.8 Å². The summed E-state index contributed by atoms with van der Waals surface area (Å²) >= 11 is 0. The molecule has 3 N–H and O–H groups in total.